The van der Waals surface area contributed by atoms with E-state index >= 15 is 0 Å². The van der Waals surface area contributed by atoms with Gasteiger partial charge in [0.25, 0.3) is 0 Å². The fourth-order valence-corrected chi connectivity index (χ4v) is 2.48. The first kappa shape index (κ1) is 13.1. The Balaban J connectivity index is 1.95. The van der Waals surface area contributed by atoms with Gasteiger partial charge in [0.2, 0.25) is 5.91 Å². The van der Waals surface area contributed by atoms with Gasteiger partial charge in [0.1, 0.15) is 0 Å². The normalized spacial score (nSPS) is 21.0. The summed E-state index contributed by atoms with van der Waals surface area (Å²) in [6.07, 6.45) is 2.17. The Morgan fingerprint density at radius 2 is 2.17 bits per heavy atom. The van der Waals surface area contributed by atoms with Gasteiger partial charge in [-0.2, -0.15) is 0 Å². The average molecular weight is 248 g/mol. The summed E-state index contributed by atoms with van der Waals surface area (Å²) in [4.78, 5) is 13.9. The van der Waals surface area contributed by atoms with Crippen LogP contribution in [0.25, 0.3) is 0 Å². The smallest absolute Gasteiger partial charge is 0.224 e. The van der Waals surface area contributed by atoms with E-state index < -0.39 is 0 Å². The first-order valence-electron chi connectivity index (χ1n) is 6.43. The van der Waals surface area contributed by atoms with Crippen molar-refractivity contribution in [1.29, 1.82) is 0 Å². The zero-order chi connectivity index (χ0) is 13.0. The predicted octanol–water partition coefficient (Wildman–Crippen LogP) is 1.06. The Morgan fingerprint density at radius 3 is 2.83 bits per heavy atom. The minimum Gasteiger partial charge on any atom is -0.394 e. The van der Waals surface area contributed by atoms with E-state index in [0.29, 0.717) is 6.42 Å². The molecule has 0 bridgehead atoms. The molecular weight excluding hydrogens is 228 g/mol. The van der Waals surface area contributed by atoms with Crippen molar-refractivity contribution in [3.05, 3.63) is 35.9 Å². The summed E-state index contributed by atoms with van der Waals surface area (Å²) < 4.78 is 0. The molecule has 1 aliphatic heterocycles. The van der Waals surface area contributed by atoms with E-state index in [2.05, 4.69) is 0 Å². The van der Waals surface area contributed by atoms with Gasteiger partial charge < -0.3 is 15.7 Å². The number of hydrogen-bond donors (Lipinski definition) is 2. The van der Waals surface area contributed by atoms with Gasteiger partial charge in [0.15, 0.2) is 0 Å². The highest BCUT2D eigenvalue weighted by atomic mass is 16.3. The van der Waals surface area contributed by atoms with Crippen LogP contribution >= 0.6 is 0 Å². The molecule has 0 aromatic heterocycles. The van der Waals surface area contributed by atoms with Crippen LogP contribution in [0.3, 0.4) is 0 Å². The Bertz CT molecular complexity index is 394. The molecule has 98 valence electrons. The summed E-state index contributed by atoms with van der Waals surface area (Å²) >= 11 is 0. The maximum absolute atomic E-state index is 12.1. The summed E-state index contributed by atoms with van der Waals surface area (Å²) in [6, 6.07) is 9.37. The second-order valence-electron chi connectivity index (χ2n) is 4.79. The van der Waals surface area contributed by atoms with Gasteiger partial charge in [-0.15, -0.1) is 0 Å². The summed E-state index contributed by atoms with van der Waals surface area (Å²) in [5, 5.41) is 9.21. The van der Waals surface area contributed by atoms with Crippen molar-refractivity contribution in [3.8, 4) is 0 Å². The number of nitrogens with two attached hydrogens (primary N) is 1. The average Bonchev–Trinajstić information content (AvgIpc) is 2.88. The molecule has 18 heavy (non-hydrogen) atoms. The second-order valence-corrected chi connectivity index (χ2v) is 4.79. The van der Waals surface area contributed by atoms with Gasteiger partial charge in [-0.05, 0) is 18.4 Å². The van der Waals surface area contributed by atoms with Gasteiger partial charge in [0, 0.05) is 19.0 Å². The monoisotopic (exact) mass is 248 g/mol. The van der Waals surface area contributed by atoms with Crippen LogP contribution < -0.4 is 5.73 Å². The molecular formula is C14H20N2O2. The number of rotatable bonds is 4. The fraction of sp³-hybridized carbons (Fsp3) is 0.500. The summed E-state index contributed by atoms with van der Waals surface area (Å²) in [5.74, 6) is 0.0444. The number of aliphatic hydroxyl groups is 1. The molecule has 4 heteroatoms. The number of aliphatic hydroxyl groups excluding tert-OH is 1. The molecule has 3 N–H and O–H groups in total. The molecule has 1 aromatic rings. The fourth-order valence-electron chi connectivity index (χ4n) is 2.48. The van der Waals surface area contributed by atoms with Crippen molar-refractivity contribution in [2.24, 2.45) is 5.73 Å². The molecule has 1 aromatic carbocycles. The molecule has 2 rings (SSSR count). The molecule has 0 aliphatic carbocycles. The third-order valence-electron chi connectivity index (χ3n) is 3.53. The molecule has 4 nitrogen and oxygen atoms in total. The molecule has 1 fully saturated rings. The van der Waals surface area contributed by atoms with E-state index in [-0.39, 0.29) is 24.6 Å². The lowest BCUT2D eigenvalue weighted by Gasteiger charge is -2.24. The SMILES string of the molecule is N[C@H](CC(=O)N1CCC[C@@H]1CO)c1ccccc1. The van der Waals surface area contributed by atoms with Crippen molar-refractivity contribution >= 4 is 5.91 Å². The summed E-state index contributed by atoms with van der Waals surface area (Å²) in [5.41, 5.74) is 7.02. The number of carbonyl (C=O) groups is 1. The van der Waals surface area contributed by atoms with E-state index in [4.69, 9.17) is 5.73 Å². The van der Waals surface area contributed by atoms with Gasteiger partial charge in [-0.3, -0.25) is 4.79 Å². The van der Waals surface area contributed by atoms with Crippen LogP contribution in [0.2, 0.25) is 0 Å². The topological polar surface area (TPSA) is 66.6 Å². The summed E-state index contributed by atoms with van der Waals surface area (Å²) in [6.45, 7) is 0.790. The molecule has 2 atom stereocenters. The number of benzene rings is 1. The Hall–Kier alpha value is -1.39. The Kier molecular flexibility index (Phi) is 4.33. The van der Waals surface area contributed by atoms with Crippen molar-refractivity contribution in [2.45, 2.75) is 31.3 Å². The van der Waals surface area contributed by atoms with Crippen LogP contribution in [0.15, 0.2) is 30.3 Å². The zero-order valence-electron chi connectivity index (χ0n) is 10.5. The molecule has 0 saturated carbocycles. The van der Waals surface area contributed by atoms with Crippen LogP contribution in [-0.2, 0) is 4.79 Å². The van der Waals surface area contributed by atoms with E-state index in [1.807, 2.05) is 30.3 Å². The Morgan fingerprint density at radius 1 is 1.44 bits per heavy atom. The molecule has 0 spiro atoms. The van der Waals surface area contributed by atoms with E-state index in [0.717, 1.165) is 24.9 Å². The van der Waals surface area contributed by atoms with Crippen molar-refractivity contribution in [3.63, 3.8) is 0 Å². The number of amides is 1. The van der Waals surface area contributed by atoms with Crippen molar-refractivity contribution in [1.82, 2.24) is 4.90 Å². The highest BCUT2D eigenvalue weighted by Gasteiger charge is 2.28. The van der Waals surface area contributed by atoms with E-state index in [1.54, 1.807) is 4.90 Å². The molecule has 1 amide bonds. The molecule has 1 heterocycles. The Labute approximate surface area is 107 Å². The third kappa shape index (κ3) is 2.89. The van der Waals surface area contributed by atoms with Crippen molar-refractivity contribution in [2.75, 3.05) is 13.2 Å². The lowest BCUT2D eigenvalue weighted by Crippen LogP contribution is -2.39. The minimum absolute atomic E-state index is 0.0135. The largest absolute Gasteiger partial charge is 0.394 e. The van der Waals surface area contributed by atoms with Crippen molar-refractivity contribution < 1.29 is 9.90 Å². The number of hydrogen-bond acceptors (Lipinski definition) is 3. The van der Waals surface area contributed by atoms with Gasteiger partial charge >= 0.3 is 0 Å². The minimum atomic E-state index is -0.265. The highest BCUT2D eigenvalue weighted by Crippen LogP contribution is 2.21. The van der Waals surface area contributed by atoms with Crippen LogP contribution in [0.5, 0.6) is 0 Å². The van der Waals surface area contributed by atoms with E-state index in [1.165, 1.54) is 0 Å². The number of nitrogens with zero attached hydrogens (tertiary/aromatic N) is 1. The maximum atomic E-state index is 12.1. The summed E-state index contributed by atoms with van der Waals surface area (Å²) in [7, 11) is 0. The first-order valence-corrected chi connectivity index (χ1v) is 6.43. The third-order valence-corrected chi connectivity index (χ3v) is 3.53. The lowest BCUT2D eigenvalue weighted by atomic mass is 10.0. The standard InChI is InChI=1S/C14H20N2O2/c15-13(11-5-2-1-3-6-11)9-14(18)16-8-4-7-12(16)10-17/h1-3,5-6,12-13,17H,4,7-10,15H2/t12-,13-/m1/s1. The van der Waals surface area contributed by atoms with E-state index in [9.17, 15) is 9.90 Å². The van der Waals surface area contributed by atoms with Gasteiger partial charge in [-0.25, -0.2) is 0 Å². The molecule has 1 saturated heterocycles. The molecule has 1 aliphatic rings. The van der Waals surface area contributed by atoms with Gasteiger partial charge in [-0.1, -0.05) is 30.3 Å². The highest BCUT2D eigenvalue weighted by molar-refractivity contribution is 5.77. The predicted molar refractivity (Wildman–Crippen MR) is 69.8 cm³/mol. The van der Waals surface area contributed by atoms with Crippen LogP contribution in [-0.4, -0.2) is 35.1 Å². The second kappa shape index (κ2) is 5.98. The van der Waals surface area contributed by atoms with Gasteiger partial charge in [0.05, 0.1) is 12.6 Å². The quantitative estimate of drug-likeness (QED) is 0.837. The maximum Gasteiger partial charge on any atom is 0.224 e. The van der Waals surface area contributed by atoms with Crippen LogP contribution in [0.4, 0.5) is 0 Å². The lowest BCUT2D eigenvalue weighted by molar-refractivity contribution is -0.133. The van der Waals surface area contributed by atoms with Crippen LogP contribution in [0.1, 0.15) is 30.9 Å². The molecule has 0 unspecified atom stereocenters. The first-order chi connectivity index (χ1) is 8.72. The zero-order valence-corrected chi connectivity index (χ0v) is 10.5. The number of likely N-dealkylation sites (tertiary alicyclic amines) is 1. The molecule has 0 radical (unpaired) electrons. The van der Waals surface area contributed by atoms with Crippen LogP contribution in [0, 0.1) is 0 Å². The number of carbonyl (C=O) groups excluding carboxylic acids is 1.